The maximum Gasteiger partial charge on any atom is 0.329 e. The second kappa shape index (κ2) is 9.31. The van der Waals surface area contributed by atoms with Gasteiger partial charge in [-0.25, -0.2) is 9.18 Å². The lowest BCUT2D eigenvalue weighted by Crippen LogP contribution is -2.30. The molecule has 8 nitrogen and oxygen atoms in total. The first-order valence-corrected chi connectivity index (χ1v) is 9.94. The fraction of sp³-hybridized carbons (Fsp3) is 0.0833. The zero-order chi connectivity index (χ0) is 23.4. The third-order valence-electron chi connectivity index (χ3n) is 4.96. The lowest BCUT2D eigenvalue weighted by atomic mass is 10.1. The number of non-ortho nitro benzene ring substituents is 1. The van der Waals surface area contributed by atoms with Crippen molar-refractivity contribution in [3.05, 3.63) is 111 Å². The summed E-state index contributed by atoms with van der Waals surface area (Å²) >= 11 is 0. The first-order chi connectivity index (χ1) is 15.9. The molecule has 4 rings (SSSR count). The lowest BCUT2D eigenvalue weighted by Gasteiger charge is -2.11. The summed E-state index contributed by atoms with van der Waals surface area (Å²) in [7, 11) is 0. The third kappa shape index (κ3) is 5.21. The summed E-state index contributed by atoms with van der Waals surface area (Å²) in [5.41, 5.74) is 2.26. The standard InChI is InChI=1S/C24H18FN3O5/c25-19-7-1-17(2-8-19)14-27-23(29)22(26-24(27)30)13-16-5-11-21(12-6-16)33-15-18-3-9-20(10-4-18)28(31)32/h1-13H,14-15H2,(H,26,30)/b22-13+. The highest BCUT2D eigenvalue weighted by atomic mass is 19.1. The normalized spacial score (nSPS) is 14.5. The van der Waals surface area contributed by atoms with Crippen LogP contribution in [0.1, 0.15) is 16.7 Å². The molecule has 0 spiro atoms. The second-order valence-corrected chi connectivity index (χ2v) is 7.29. The molecule has 1 aliphatic heterocycles. The van der Waals surface area contributed by atoms with E-state index in [2.05, 4.69) is 5.32 Å². The Morgan fingerprint density at radius 2 is 1.58 bits per heavy atom. The van der Waals surface area contributed by atoms with Crippen LogP contribution >= 0.6 is 0 Å². The van der Waals surface area contributed by atoms with E-state index in [0.29, 0.717) is 16.9 Å². The highest BCUT2D eigenvalue weighted by Gasteiger charge is 2.33. The fourth-order valence-corrected chi connectivity index (χ4v) is 3.20. The molecule has 0 atom stereocenters. The number of rotatable bonds is 7. The van der Waals surface area contributed by atoms with E-state index in [0.717, 1.165) is 10.5 Å². The van der Waals surface area contributed by atoms with Crippen LogP contribution in [-0.2, 0) is 17.9 Å². The molecule has 0 aromatic heterocycles. The van der Waals surface area contributed by atoms with E-state index in [9.17, 15) is 24.1 Å². The van der Waals surface area contributed by atoms with E-state index in [1.54, 1.807) is 42.5 Å². The van der Waals surface area contributed by atoms with E-state index in [1.807, 2.05) is 0 Å². The van der Waals surface area contributed by atoms with Crippen molar-refractivity contribution < 1.29 is 23.6 Å². The smallest absolute Gasteiger partial charge is 0.329 e. The number of benzene rings is 3. The quantitative estimate of drug-likeness (QED) is 0.250. The van der Waals surface area contributed by atoms with Crippen molar-refractivity contribution in [2.45, 2.75) is 13.2 Å². The van der Waals surface area contributed by atoms with Crippen LogP contribution in [0.5, 0.6) is 5.75 Å². The molecule has 0 saturated carbocycles. The van der Waals surface area contributed by atoms with Crippen molar-refractivity contribution in [1.29, 1.82) is 0 Å². The molecule has 166 valence electrons. The summed E-state index contributed by atoms with van der Waals surface area (Å²) in [6, 6.07) is 18.0. The number of imide groups is 1. The topological polar surface area (TPSA) is 102 Å². The summed E-state index contributed by atoms with van der Waals surface area (Å²) in [6.45, 7) is 0.281. The summed E-state index contributed by atoms with van der Waals surface area (Å²) < 4.78 is 18.7. The van der Waals surface area contributed by atoms with Crippen molar-refractivity contribution in [2.24, 2.45) is 0 Å². The molecule has 1 aliphatic rings. The monoisotopic (exact) mass is 447 g/mol. The van der Waals surface area contributed by atoms with Crippen molar-refractivity contribution in [2.75, 3.05) is 0 Å². The Morgan fingerprint density at radius 3 is 2.21 bits per heavy atom. The summed E-state index contributed by atoms with van der Waals surface area (Å²) in [4.78, 5) is 36.1. The maximum atomic E-state index is 13.1. The Bertz CT molecular complexity index is 1220. The molecule has 9 heteroatoms. The van der Waals surface area contributed by atoms with Gasteiger partial charge < -0.3 is 10.1 Å². The summed E-state index contributed by atoms with van der Waals surface area (Å²) in [5, 5.41) is 13.3. The number of nitrogens with one attached hydrogen (secondary N) is 1. The molecule has 3 amide bonds. The molecule has 0 aliphatic carbocycles. The number of hydrogen-bond acceptors (Lipinski definition) is 5. The number of halogens is 1. The molecule has 3 aromatic carbocycles. The molecule has 0 unspecified atom stereocenters. The van der Waals surface area contributed by atoms with E-state index < -0.39 is 22.7 Å². The molecule has 0 bridgehead atoms. The van der Waals surface area contributed by atoms with Gasteiger partial charge in [-0.3, -0.25) is 19.8 Å². The number of urea groups is 1. The Balaban J connectivity index is 1.37. The average Bonchev–Trinajstić information content (AvgIpc) is 3.07. The van der Waals surface area contributed by atoms with E-state index >= 15 is 0 Å². The van der Waals surface area contributed by atoms with Crippen LogP contribution < -0.4 is 10.1 Å². The van der Waals surface area contributed by atoms with Gasteiger partial charge >= 0.3 is 6.03 Å². The van der Waals surface area contributed by atoms with Crippen molar-refractivity contribution >= 4 is 23.7 Å². The average molecular weight is 447 g/mol. The third-order valence-corrected chi connectivity index (χ3v) is 4.96. The highest BCUT2D eigenvalue weighted by molar-refractivity contribution is 6.13. The van der Waals surface area contributed by atoms with Crippen LogP contribution in [0.25, 0.3) is 6.08 Å². The number of ether oxygens (including phenoxy) is 1. The molecule has 0 radical (unpaired) electrons. The number of nitro groups is 1. The van der Waals surface area contributed by atoms with Crippen LogP contribution in [0.2, 0.25) is 0 Å². The van der Waals surface area contributed by atoms with Crippen LogP contribution in [0, 0.1) is 15.9 Å². The van der Waals surface area contributed by atoms with Gasteiger partial charge in [0.25, 0.3) is 11.6 Å². The van der Waals surface area contributed by atoms with Crippen LogP contribution in [-0.4, -0.2) is 21.8 Å². The Labute approximate surface area is 188 Å². The minimum Gasteiger partial charge on any atom is -0.489 e. The van der Waals surface area contributed by atoms with Gasteiger partial charge in [0.2, 0.25) is 0 Å². The molecule has 1 N–H and O–H groups in total. The van der Waals surface area contributed by atoms with Gasteiger partial charge in [-0.2, -0.15) is 0 Å². The molecule has 1 heterocycles. The minimum absolute atomic E-state index is 0.0147. The highest BCUT2D eigenvalue weighted by Crippen LogP contribution is 2.20. The second-order valence-electron chi connectivity index (χ2n) is 7.29. The van der Waals surface area contributed by atoms with Gasteiger partial charge in [0.1, 0.15) is 23.9 Å². The van der Waals surface area contributed by atoms with Gasteiger partial charge in [-0.05, 0) is 59.2 Å². The predicted molar refractivity (Wildman–Crippen MR) is 117 cm³/mol. The first-order valence-electron chi connectivity index (χ1n) is 9.94. The number of nitro benzene ring substituents is 1. The van der Waals surface area contributed by atoms with Gasteiger partial charge in [0.05, 0.1) is 11.5 Å². The SMILES string of the molecule is O=C1N/C(=C/c2ccc(OCc3ccc([N+](=O)[O-])cc3)cc2)C(=O)N1Cc1ccc(F)cc1. The number of amides is 3. The van der Waals surface area contributed by atoms with Crippen LogP contribution in [0.4, 0.5) is 14.9 Å². The molecule has 33 heavy (non-hydrogen) atoms. The van der Waals surface area contributed by atoms with E-state index in [4.69, 9.17) is 4.74 Å². The molecule has 1 saturated heterocycles. The first kappa shape index (κ1) is 21.7. The van der Waals surface area contributed by atoms with E-state index in [-0.39, 0.29) is 24.5 Å². The predicted octanol–water partition coefficient (Wildman–Crippen LogP) is 4.41. The zero-order valence-corrected chi connectivity index (χ0v) is 17.2. The Kier molecular flexibility index (Phi) is 6.12. The summed E-state index contributed by atoms with van der Waals surface area (Å²) in [6.07, 6.45) is 1.56. The Morgan fingerprint density at radius 1 is 0.939 bits per heavy atom. The van der Waals surface area contributed by atoms with Crippen LogP contribution in [0.15, 0.2) is 78.5 Å². The van der Waals surface area contributed by atoms with Gasteiger partial charge in [0.15, 0.2) is 0 Å². The van der Waals surface area contributed by atoms with Gasteiger partial charge in [-0.15, -0.1) is 0 Å². The van der Waals surface area contributed by atoms with Crippen molar-refractivity contribution in [1.82, 2.24) is 10.2 Å². The molecular formula is C24H18FN3O5. The minimum atomic E-state index is -0.543. The van der Waals surface area contributed by atoms with Crippen molar-refractivity contribution in [3.63, 3.8) is 0 Å². The number of hydrogen-bond donors (Lipinski definition) is 1. The lowest BCUT2D eigenvalue weighted by molar-refractivity contribution is -0.384. The van der Waals surface area contributed by atoms with Crippen molar-refractivity contribution in [3.8, 4) is 5.75 Å². The number of carbonyl (C=O) groups excluding carboxylic acids is 2. The summed E-state index contributed by atoms with van der Waals surface area (Å²) in [5.74, 6) is -0.283. The van der Waals surface area contributed by atoms with Gasteiger partial charge in [0, 0.05) is 12.1 Å². The number of nitrogens with zero attached hydrogens (tertiary/aromatic N) is 2. The van der Waals surface area contributed by atoms with Crippen LogP contribution in [0.3, 0.4) is 0 Å². The zero-order valence-electron chi connectivity index (χ0n) is 17.2. The number of carbonyl (C=O) groups is 2. The largest absolute Gasteiger partial charge is 0.489 e. The van der Waals surface area contributed by atoms with E-state index in [1.165, 1.54) is 36.4 Å². The molecular weight excluding hydrogens is 429 g/mol. The van der Waals surface area contributed by atoms with Gasteiger partial charge in [-0.1, -0.05) is 24.3 Å². The Hall–Kier alpha value is -4.53. The fourth-order valence-electron chi connectivity index (χ4n) is 3.20. The molecule has 1 fully saturated rings. The molecule has 3 aromatic rings. The maximum absolute atomic E-state index is 13.1.